The molecule has 2 aromatic rings. The minimum absolute atomic E-state index is 0.302. The lowest BCUT2D eigenvalue weighted by atomic mass is 10.1. The van der Waals surface area contributed by atoms with Gasteiger partial charge in [0.15, 0.2) is 0 Å². The Balaban J connectivity index is 2.08. The standard InChI is InChI=1S/C19H25NO3S2/c1-14-5-10-19(15(2)13-14)25(21,22)20-16(3)17-6-8-18(9-7-17)24-12-11-23-4/h5-10,13,16,20H,11-12H2,1-4H3. The van der Waals surface area contributed by atoms with Crippen molar-refractivity contribution in [1.29, 1.82) is 0 Å². The van der Waals surface area contributed by atoms with Gasteiger partial charge in [-0.2, -0.15) is 0 Å². The number of benzene rings is 2. The summed E-state index contributed by atoms with van der Waals surface area (Å²) in [6, 6.07) is 13.0. The first-order valence-corrected chi connectivity index (χ1v) is 10.6. The van der Waals surface area contributed by atoms with Gasteiger partial charge in [0.25, 0.3) is 0 Å². The number of nitrogens with one attached hydrogen (secondary N) is 1. The van der Waals surface area contributed by atoms with Crippen molar-refractivity contribution >= 4 is 21.8 Å². The van der Waals surface area contributed by atoms with Crippen LogP contribution in [0.1, 0.15) is 29.7 Å². The van der Waals surface area contributed by atoms with Gasteiger partial charge in [0.05, 0.1) is 11.5 Å². The number of hydrogen-bond donors (Lipinski definition) is 1. The van der Waals surface area contributed by atoms with E-state index in [2.05, 4.69) is 4.72 Å². The van der Waals surface area contributed by atoms with Crippen LogP contribution in [0.5, 0.6) is 0 Å². The van der Waals surface area contributed by atoms with E-state index in [1.165, 1.54) is 0 Å². The number of hydrogen-bond acceptors (Lipinski definition) is 4. The van der Waals surface area contributed by atoms with Crippen LogP contribution in [0.2, 0.25) is 0 Å². The summed E-state index contributed by atoms with van der Waals surface area (Å²) in [6.07, 6.45) is 0. The van der Waals surface area contributed by atoms with E-state index in [1.54, 1.807) is 24.9 Å². The van der Waals surface area contributed by atoms with Crippen LogP contribution >= 0.6 is 11.8 Å². The van der Waals surface area contributed by atoms with Crippen molar-refractivity contribution in [2.24, 2.45) is 0 Å². The molecule has 6 heteroatoms. The first kappa shape index (κ1) is 20.0. The molecule has 2 aromatic carbocycles. The van der Waals surface area contributed by atoms with Gasteiger partial charge in [-0.3, -0.25) is 0 Å². The maximum absolute atomic E-state index is 12.7. The van der Waals surface area contributed by atoms with Crippen molar-refractivity contribution in [3.63, 3.8) is 0 Å². The molecule has 0 aliphatic heterocycles. The molecule has 0 aliphatic rings. The molecular weight excluding hydrogens is 354 g/mol. The molecule has 0 amide bonds. The van der Waals surface area contributed by atoms with Crippen LogP contribution in [-0.4, -0.2) is 27.9 Å². The van der Waals surface area contributed by atoms with Gasteiger partial charge in [0.2, 0.25) is 10.0 Å². The van der Waals surface area contributed by atoms with Crippen molar-refractivity contribution in [2.45, 2.75) is 36.6 Å². The molecule has 25 heavy (non-hydrogen) atoms. The SMILES string of the molecule is COCCSc1ccc(C(C)NS(=O)(=O)c2ccc(C)cc2C)cc1. The van der Waals surface area contributed by atoms with E-state index in [1.807, 2.05) is 57.2 Å². The number of aryl methyl sites for hydroxylation is 2. The van der Waals surface area contributed by atoms with Crippen LogP contribution in [0.3, 0.4) is 0 Å². The molecule has 0 fully saturated rings. The summed E-state index contributed by atoms with van der Waals surface area (Å²) in [6.45, 7) is 6.33. The molecule has 1 unspecified atom stereocenters. The molecule has 2 rings (SSSR count). The van der Waals surface area contributed by atoms with E-state index in [0.717, 1.165) is 27.3 Å². The summed E-state index contributed by atoms with van der Waals surface area (Å²) < 4.78 is 33.1. The number of rotatable bonds is 8. The van der Waals surface area contributed by atoms with Gasteiger partial charge in [0.1, 0.15) is 0 Å². The topological polar surface area (TPSA) is 55.4 Å². The fraction of sp³-hybridized carbons (Fsp3) is 0.368. The van der Waals surface area contributed by atoms with Crippen molar-refractivity contribution < 1.29 is 13.2 Å². The van der Waals surface area contributed by atoms with E-state index in [9.17, 15) is 8.42 Å². The molecule has 0 aliphatic carbocycles. The third-order valence-corrected chi connectivity index (χ3v) is 6.57. The van der Waals surface area contributed by atoms with Gasteiger partial charge in [-0.1, -0.05) is 29.8 Å². The Morgan fingerprint density at radius 1 is 1.12 bits per heavy atom. The minimum atomic E-state index is -3.55. The Morgan fingerprint density at radius 3 is 2.40 bits per heavy atom. The zero-order chi connectivity index (χ0) is 18.4. The van der Waals surface area contributed by atoms with Crippen molar-refractivity contribution in [1.82, 2.24) is 4.72 Å². The van der Waals surface area contributed by atoms with Crippen molar-refractivity contribution in [3.8, 4) is 0 Å². The predicted octanol–water partition coefficient (Wildman–Crippen LogP) is 4.08. The zero-order valence-electron chi connectivity index (χ0n) is 15.1. The predicted molar refractivity (Wildman–Crippen MR) is 104 cm³/mol. The van der Waals surface area contributed by atoms with Crippen LogP contribution in [0.15, 0.2) is 52.3 Å². The fourth-order valence-electron chi connectivity index (χ4n) is 2.56. The molecule has 0 saturated carbocycles. The first-order valence-electron chi connectivity index (χ1n) is 8.15. The van der Waals surface area contributed by atoms with Crippen LogP contribution in [0.4, 0.5) is 0 Å². The highest BCUT2D eigenvalue weighted by atomic mass is 32.2. The maximum Gasteiger partial charge on any atom is 0.241 e. The normalized spacial score (nSPS) is 13.0. The summed E-state index contributed by atoms with van der Waals surface area (Å²) >= 11 is 1.72. The van der Waals surface area contributed by atoms with E-state index in [0.29, 0.717) is 11.5 Å². The lowest BCUT2D eigenvalue weighted by Gasteiger charge is -2.16. The number of thioether (sulfide) groups is 1. The Morgan fingerprint density at radius 2 is 1.80 bits per heavy atom. The van der Waals surface area contributed by atoms with Gasteiger partial charge in [-0.05, 0) is 50.1 Å². The summed E-state index contributed by atoms with van der Waals surface area (Å²) in [4.78, 5) is 1.47. The summed E-state index contributed by atoms with van der Waals surface area (Å²) in [7, 11) is -1.87. The number of ether oxygens (including phenoxy) is 1. The second-order valence-corrected chi connectivity index (χ2v) is 8.87. The molecule has 0 saturated heterocycles. The fourth-order valence-corrected chi connectivity index (χ4v) is 4.83. The molecule has 0 heterocycles. The van der Waals surface area contributed by atoms with Crippen LogP contribution in [-0.2, 0) is 14.8 Å². The number of sulfonamides is 1. The van der Waals surface area contributed by atoms with Gasteiger partial charge >= 0.3 is 0 Å². The molecular formula is C19H25NO3S2. The van der Waals surface area contributed by atoms with Crippen molar-refractivity contribution in [3.05, 3.63) is 59.2 Å². The second kappa shape index (κ2) is 8.85. The summed E-state index contributed by atoms with van der Waals surface area (Å²) in [5, 5.41) is 0. The van der Waals surface area contributed by atoms with Crippen LogP contribution in [0, 0.1) is 13.8 Å². The Kier molecular flexibility index (Phi) is 7.07. The highest BCUT2D eigenvalue weighted by molar-refractivity contribution is 7.99. The molecule has 1 N–H and O–H groups in total. The Labute approximate surface area is 155 Å². The average Bonchev–Trinajstić information content (AvgIpc) is 2.55. The third kappa shape index (κ3) is 5.57. The molecule has 1 atom stereocenters. The van der Waals surface area contributed by atoms with Crippen molar-refractivity contribution in [2.75, 3.05) is 19.5 Å². The van der Waals surface area contributed by atoms with Crippen LogP contribution < -0.4 is 4.72 Å². The highest BCUT2D eigenvalue weighted by Gasteiger charge is 2.20. The molecule has 0 aromatic heterocycles. The number of methoxy groups -OCH3 is 1. The summed E-state index contributed by atoms with van der Waals surface area (Å²) in [5.74, 6) is 0.894. The maximum atomic E-state index is 12.7. The van der Waals surface area contributed by atoms with Crippen LogP contribution in [0.25, 0.3) is 0 Å². The van der Waals surface area contributed by atoms with Gasteiger partial charge in [-0.15, -0.1) is 11.8 Å². The van der Waals surface area contributed by atoms with E-state index in [4.69, 9.17) is 4.74 Å². The van der Waals surface area contributed by atoms with E-state index in [-0.39, 0.29) is 6.04 Å². The summed E-state index contributed by atoms with van der Waals surface area (Å²) in [5.41, 5.74) is 2.74. The highest BCUT2D eigenvalue weighted by Crippen LogP contribution is 2.23. The lowest BCUT2D eigenvalue weighted by molar-refractivity contribution is 0.218. The molecule has 0 radical (unpaired) electrons. The Bertz CT molecular complexity index is 802. The molecule has 4 nitrogen and oxygen atoms in total. The lowest BCUT2D eigenvalue weighted by Crippen LogP contribution is -2.27. The van der Waals surface area contributed by atoms with Gasteiger partial charge < -0.3 is 4.74 Å². The smallest absolute Gasteiger partial charge is 0.241 e. The molecule has 0 bridgehead atoms. The second-order valence-electron chi connectivity index (χ2n) is 6.02. The monoisotopic (exact) mass is 379 g/mol. The van der Waals surface area contributed by atoms with E-state index >= 15 is 0 Å². The molecule has 0 spiro atoms. The zero-order valence-corrected chi connectivity index (χ0v) is 16.7. The first-order chi connectivity index (χ1) is 11.8. The third-order valence-electron chi connectivity index (χ3n) is 3.89. The van der Waals surface area contributed by atoms with Gasteiger partial charge in [-0.25, -0.2) is 13.1 Å². The van der Waals surface area contributed by atoms with E-state index < -0.39 is 10.0 Å². The minimum Gasteiger partial charge on any atom is -0.384 e. The van der Waals surface area contributed by atoms with Gasteiger partial charge in [0, 0.05) is 23.8 Å². The molecule has 136 valence electrons. The average molecular weight is 380 g/mol. The largest absolute Gasteiger partial charge is 0.384 e. The quantitative estimate of drug-likeness (QED) is 0.555. The Hall–Kier alpha value is -1.34.